The lowest BCUT2D eigenvalue weighted by Crippen LogP contribution is -2.70. The molecule has 1 amide bonds. The quantitative estimate of drug-likeness (QED) is 0.110. The van der Waals surface area contributed by atoms with E-state index in [1.807, 2.05) is 6.08 Å². The van der Waals surface area contributed by atoms with Gasteiger partial charge in [0.05, 0.1) is 31.3 Å². The molecular formula is C29H53N7O8. The summed E-state index contributed by atoms with van der Waals surface area (Å²) in [7, 11) is 1.60. The second-order valence-electron chi connectivity index (χ2n) is 14.0. The zero-order valence-electron chi connectivity index (χ0n) is 25.7. The number of hydrogen-bond donors (Lipinski definition) is 11. The Morgan fingerprint density at radius 3 is 2.41 bits per heavy atom. The Bertz CT molecular complexity index is 1040. The fourth-order valence-electron chi connectivity index (χ4n) is 7.61. The van der Waals surface area contributed by atoms with Crippen LogP contribution in [0.25, 0.3) is 0 Å². The van der Waals surface area contributed by atoms with Crippen LogP contribution in [0.2, 0.25) is 0 Å². The minimum atomic E-state index is -1.63. The molecular weight excluding hydrogens is 574 g/mol. The number of carbonyl (C=O) groups excluding carboxylic acids is 1. The number of hydrogen-bond acceptors (Lipinski definition) is 14. The van der Waals surface area contributed by atoms with Crippen LogP contribution in [-0.2, 0) is 19.0 Å². The summed E-state index contributed by atoms with van der Waals surface area (Å²) in [6.07, 6.45) is -0.777. The third kappa shape index (κ3) is 6.94. The second-order valence-corrected chi connectivity index (χ2v) is 14.0. The molecule has 3 saturated carbocycles. The summed E-state index contributed by atoms with van der Waals surface area (Å²) in [4.78, 5) is 13.1. The van der Waals surface area contributed by atoms with Gasteiger partial charge in [-0.15, -0.1) is 0 Å². The highest BCUT2D eigenvalue weighted by molar-refractivity contribution is 5.86. The monoisotopic (exact) mass is 627 g/mol. The number of nitrogens with two attached hydrogens (primary N) is 4. The summed E-state index contributed by atoms with van der Waals surface area (Å²) >= 11 is 0. The largest absolute Gasteiger partial charge is 0.492 e. The van der Waals surface area contributed by atoms with Gasteiger partial charge in [-0.1, -0.05) is 0 Å². The lowest BCUT2D eigenvalue weighted by Gasteiger charge is -2.51. The minimum Gasteiger partial charge on any atom is -0.492 e. The van der Waals surface area contributed by atoms with Crippen molar-refractivity contribution in [1.29, 1.82) is 0 Å². The van der Waals surface area contributed by atoms with Crippen LogP contribution in [0.1, 0.15) is 45.4 Å². The van der Waals surface area contributed by atoms with Gasteiger partial charge in [0.25, 0.3) is 5.91 Å². The van der Waals surface area contributed by atoms with Crippen molar-refractivity contribution in [1.82, 2.24) is 16.0 Å². The summed E-state index contributed by atoms with van der Waals surface area (Å²) in [6.45, 7) is 2.72. The molecule has 44 heavy (non-hydrogen) atoms. The van der Waals surface area contributed by atoms with E-state index in [-0.39, 0.29) is 38.0 Å². The highest BCUT2D eigenvalue weighted by Gasteiger charge is 2.55. The topological polar surface area (TPSA) is 266 Å². The number of rotatable bonds is 10. The maximum atomic E-state index is 13.1. The number of likely N-dealkylation sites (N-methyl/N-ethyl adjacent to an activating group) is 1. The van der Waals surface area contributed by atoms with Gasteiger partial charge < -0.3 is 73.5 Å². The van der Waals surface area contributed by atoms with Gasteiger partial charge in [0.1, 0.15) is 35.3 Å². The Kier molecular flexibility index (Phi) is 10.3. The van der Waals surface area contributed by atoms with Crippen molar-refractivity contribution in [2.24, 2.45) is 34.8 Å². The summed E-state index contributed by atoms with van der Waals surface area (Å²) in [6, 6.07) is -2.77. The fraction of sp³-hybridized carbons (Fsp3) is 0.897. The molecule has 1 saturated heterocycles. The van der Waals surface area contributed by atoms with Gasteiger partial charge in [-0.3, -0.25) is 4.79 Å². The number of ether oxygens (including phenoxy) is 3. The van der Waals surface area contributed by atoms with Crippen molar-refractivity contribution in [3.05, 3.63) is 11.8 Å². The van der Waals surface area contributed by atoms with Gasteiger partial charge >= 0.3 is 0 Å². The number of aliphatic hydroxyl groups is 4. The molecule has 1 unspecified atom stereocenters. The average Bonchev–Trinajstić information content (AvgIpc) is 2.91. The number of amides is 1. The van der Waals surface area contributed by atoms with Crippen LogP contribution in [0.5, 0.6) is 0 Å². The SMILES string of the molecule is CN[C@@H]1[C@@H](O)[C@@H](O[C@@H]2[C@@H](O)[C@H](C3OC(CNC[C@H]4C[C@H](N)C4)=CC[C@H]3N)[C@@H](N)C[C@H]2NC(=O)C2(O)CC(N)C2)OC[C@]1(C)O. The van der Waals surface area contributed by atoms with E-state index in [4.69, 9.17) is 37.1 Å². The molecule has 3 aliphatic carbocycles. The normalized spacial score (nSPS) is 49.2. The molecule has 0 aromatic heterocycles. The van der Waals surface area contributed by atoms with Crippen molar-refractivity contribution >= 4 is 5.91 Å². The molecule has 2 aliphatic heterocycles. The van der Waals surface area contributed by atoms with Gasteiger partial charge in [-0.05, 0) is 58.2 Å². The average molecular weight is 628 g/mol. The predicted octanol–water partition coefficient (Wildman–Crippen LogP) is -4.20. The third-order valence-electron chi connectivity index (χ3n) is 10.2. The molecule has 4 fully saturated rings. The molecule has 15 heteroatoms. The van der Waals surface area contributed by atoms with E-state index in [1.165, 1.54) is 6.92 Å². The zero-order chi connectivity index (χ0) is 32.0. The molecule has 0 radical (unpaired) electrons. The van der Waals surface area contributed by atoms with Gasteiger partial charge in [0.2, 0.25) is 0 Å². The Balaban J connectivity index is 1.31. The Morgan fingerprint density at radius 1 is 1.07 bits per heavy atom. The fourth-order valence-corrected chi connectivity index (χ4v) is 7.61. The molecule has 0 bridgehead atoms. The molecule has 252 valence electrons. The van der Waals surface area contributed by atoms with Crippen LogP contribution in [0.4, 0.5) is 0 Å². The highest BCUT2D eigenvalue weighted by Crippen LogP contribution is 2.38. The van der Waals surface area contributed by atoms with E-state index in [0.29, 0.717) is 24.6 Å². The molecule has 0 aromatic carbocycles. The predicted molar refractivity (Wildman–Crippen MR) is 159 cm³/mol. The van der Waals surface area contributed by atoms with Crippen LogP contribution >= 0.6 is 0 Å². The van der Waals surface area contributed by atoms with Gasteiger partial charge in [-0.25, -0.2) is 0 Å². The summed E-state index contributed by atoms with van der Waals surface area (Å²) < 4.78 is 18.3. The van der Waals surface area contributed by atoms with E-state index in [2.05, 4.69) is 16.0 Å². The Labute approximate surface area is 258 Å². The summed E-state index contributed by atoms with van der Waals surface area (Å²) in [5.74, 6) is -0.0729. The van der Waals surface area contributed by atoms with Gasteiger partial charge in [-0.2, -0.15) is 0 Å². The first kappa shape index (κ1) is 33.9. The van der Waals surface area contributed by atoms with E-state index in [9.17, 15) is 25.2 Å². The van der Waals surface area contributed by atoms with E-state index < -0.39 is 77.9 Å². The lowest BCUT2D eigenvalue weighted by molar-refractivity contribution is -0.297. The van der Waals surface area contributed by atoms with Crippen LogP contribution in [-0.4, -0.2) is 131 Å². The molecule has 0 aromatic rings. The van der Waals surface area contributed by atoms with Crippen molar-refractivity contribution in [2.75, 3.05) is 26.7 Å². The first-order valence-electron chi connectivity index (χ1n) is 15.9. The molecule has 15 N–H and O–H groups in total. The van der Waals surface area contributed by atoms with Gasteiger partial charge in [0.15, 0.2) is 6.29 Å². The maximum Gasteiger partial charge on any atom is 0.252 e. The van der Waals surface area contributed by atoms with Crippen LogP contribution < -0.4 is 38.9 Å². The standard InChI is InChI=1S/C29H53N7O8/c1-28(40)12-42-26(22(38)25(28)34-2)44-24-19(36-27(39)29(41)8-15(31)9-29)7-18(33)20(21(24)37)23-17(32)4-3-16(43-23)11-35-10-13-5-14(30)6-13/h3,13-15,17-26,34-35,37-38,40-41H,4-12,30-33H2,1-2H3,(H,36,39)/t13-,14-,15?,17-,18+,19-,20-,21+,22-,23?,24+,25-,26-,28+,29?/m1/s1. The Hall–Kier alpha value is -1.47. The molecule has 5 aliphatic rings. The molecule has 5 rings (SSSR count). The van der Waals surface area contributed by atoms with E-state index in [0.717, 1.165) is 19.4 Å². The van der Waals surface area contributed by atoms with Crippen LogP contribution in [0.3, 0.4) is 0 Å². The first-order valence-corrected chi connectivity index (χ1v) is 15.9. The molecule has 11 atom stereocenters. The van der Waals surface area contributed by atoms with Crippen LogP contribution in [0, 0.1) is 11.8 Å². The van der Waals surface area contributed by atoms with Crippen molar-refractivity contribution in [2.45, 2.75) is 124 Å². The Morgan fingerprint density at radius 2 is 1.77 bits per heavy atom. The minimum absolute atomic E-state index is 0.110. The molecule has 0 spiro atoms. The maximum absolute atomic E-state index is 13.1. The number of aliphatic hydroxyl groups excluding tert-OH is 2. The smallest absolute Gasteiger partial charge is 0.252 e. The van der Waals surface area contributed by atoms with Crippen molar-refractivity contribution in [3.63, 3.8) is 0 Å². The van der Waals surface area contributed by atoms with Crippen molar-refractivity contribution in [3.8, 4) is 0 Å². The summed E-state index contributed by atoms with van der Waals surface area (Å²) in [5, 5.41) is 53.6. The van der Waals surface area contributed by atoms with Crippen LogP contribution in [0.15, 0.2) is 11.8 Å². The first-order chi connectivity index (χ1) is 20.7. The number of nitrogens with one attached hydrogen (secondary N) is 3. The lowest BCUT2D eigenvalue weighted by atomic mass is 9.71. The van der Waals surface area contributed by atoms with Crippen molar-refractivity contribution < 1.29 is 39.4 Å². The highest BCUT2D eigenvalue weighted by atomic mass is 16.7. The number of carbonyl (C=O) groups is 1. The second kappa shape index (κ2) is 13.3. The third-order valence-corrected chi connectivity index (χ3v) is 10.2. The molecule has 15 nitrogen and oxygen atoms in total. The van der Waals surface area contributed by atoms with E-state index in [1.54, 1.807) is 7.05 Å². The van der Waals surface area contributed by atoms with Gasteiger partial charge in [0, 0.05) is 42.9 Å². The van der Waals surface area contributed by atoms with E-state index >= 15 is 0 Å². The molecule has 2 heterocycles. The zero-order valence-corrected chi connectivity index (χ0v) is 25.7. The summed E-state index contributed by atoms with van der Waals surface area (Å²) in [5.41, 5.74) is 21.9.